The van der Waals surface area contributed by atoms with Crippen LogP contribution < -0.4 is 0 Å². The fraction of sp³-hybridized carbons (Fsp3) is 0.714. The number of rotatable bonds is 2. The second-order valence-corrected chi connectivity index (χ2v) is 5.97. The van der Waals surface area contributed by atoms with Crippen molar-refractivity contribution in [1.82, 2.24) is 0 Å². The van der Waals surface area contributed by atoms with Crippen LogP contribution in [0.2, 0.25) is 0 Å². The van der Waals surface area contributed by atoms with Crippen molar-refractivity contribution in [2.75, 3.05) is 12.5 Å². The van der Waals surface area contributed by atoms with E-state index in [0.29, 0.717) is 10.8 Å². The molecule has 10 heavy (non-hydrogen) atoms. The minimum Gasteiger partial charge on any atom is -0.298 e. The van der Waals surface area contributed by atoms with E-state index in [1.54, 1.807) is 12.5 Å². The van der Waals surface area contributed by atoms with E-state index >= 15 is 0 Å². The van der Waals surface area contributed by atoms with Gasteiger partial charge in [-0.3, -0.25) is 9.00 Å². The monoisotopic (exact) mass is 160 g/mol. The van der Waals surface area contributed by atoms with Gasteiger partial charge in [-0.05, 0) is 28.3 Å². The Kier molecular flexibility index (Phi) is 1.86. The number of hydrogen-bond acceptors (Lipinski definition) is 2. The molecule has 0 N–H and O–H groups in total. The van der Waals surface area contributed by atoms with Gasteiger partial charge in [-0.15, -0.1) is 0 Å². The van der Waals surface area contributed by atoms with Crippen molar-refractivity contribution in [2.45, 2.75) is 12.8 Å². The van der Waals surface area contributed by atoms with Crippen LogP contribution in [0.25, 0.3) is 0 Å². The van der Waals surface area contributed by atoms with E-state index in [1.807, 2.05) is 0 Å². The highest BCUT2D eigenvalue weighted by Gasteiger charge is 2.28. The Hall–Kier alpha value is -0.310. The molecule has 0 saturated heterocycles. The van der Waals surface area contributed by atoms with E-state index < -0.39 is 9.52 Å². The maximum atomic E-state index is 11.3. The second-order valence-electron chi connectivity index (χ2n) is 3.03. The zero-order valence-corrected chi connectivity index (χ0v) is 7.11. The summed E-state index contributed by atoms with van der Waals surface area (Å²) in [6.07, 6.45) is 6.14. The summed E-state index contributed by atoms with van der Waals surface area (Å²) in [6.45, 7) is 0. The third-order valence-electron chi connectivity index (χ3n) is 1.66. The lowest BCUT2D eigenvalue weighted by Crippen LogP contribution is -2.14. The normalized spacial score (nSPS) is 18.6. The predicted octanol–water partition coefficient (Wildman–Crippen LogP) is 0.312. The van der Waals surface area contributed by atoms with E-state index in [1.165, 1.54) is 0 Å². The molecule has 0 aliphatic heterocycles. The van der Waals surface area contributed by atoms with Gasteiger partial charge in [0.25, 0.3) is 0 Å². The van der Waals surface area contributed by atoms with E-state index in [4.69, 9.17) is 0 Å². The maximum absolute atomic E-state index is 11.3. The van der Waals surface area contributed by atoms with Crippen LogP contribution in [-0.2, 0) is 14.3 Å². The Morgan fingerprint density at radius 1 is 1.50 bits per heavy atom. The van der Waals surface area contributed by atoms with Crippen molar-refractivity contribution in [2.24, 2.45) is 5.92 Å². The Labute approximate surface area is 61.6 Å². The molecule has 1 saturated carbocycles. The molecule has 0 aromatic carbocycles. The van der Waals surface area contributed by atoms with Crippen molar-refractivity contribution in [3.05, 3.63) is 0 Å². The molecule has 0 radical (unpaired) electrons. The topological polar surface area (TPSA) is 34.1 Å². The molecule has 1 rings (SSSR count). The Balaban J connectivity index is 3.03. The van der Waals surface area contributed by atoms with E-state index in [0.717, 1.165) is 19.1 Å². The van der Waals surface area contributed by atoms with Gasteiger partial charge in [0.05, 0.1) is 0 Å². The molecular formula is C7H12O2S. The van der Waals surface area contributed by atoms with Gasteiger partial charge in [0.15, 0.2) is 6.29 Å². The number of aldehydes is 1. The summed E-state index contributed by atoms with van der Waals surface area (Å²) in [7, 11) is -1.95. The summed E-state index contributed by atoms with van der Waals surface area (Å²) in [5.41, 5.74) is 0. The average Bonchev–Trinajstić information content (AvgIpc) is 2.46. The molecule has 0 atom stereocenters. The van der Waals surface area contributed by atoms with Crippen LogP contribution in [0.4, 0.5) is 0 Å². The van der Waals surface area contributed by atoms with Gasteiger partial charge in [-0.25, -0.2) is 0 Å². The highest BCUT2D eigenvalue weighted by molar-refractivity contribution is 8.02. The molecule has 0 amide bonds. The summed E-state index contributed by atoms with van der Waals surface area (Å²) in [4.78, 5) is 11.0. The van der Waals surface area contributed by atoms with Gasteiger partial charge < -0.3 is 0 Å². The molecule has 0 aromatic heterocycles. The maximum Gasteiger partial charge on any atom is 0.154 e. The quantitative estimate of drug-likeness (QED) is 0.430. The van der Waals surface area contributed by atoms with Crippen molar-refractivity contribution < 1.29 is 9.00 Å². The molecule has 0 heterocycles. The number of hydrogen-bond donors (Lipinski definition) is 0. The summed E-state index contributed by atoms with van der Waals surface area (Å²) >= 11 is 0. The molecule has 1 fully saturated rings. The van der Waals surface area contributed by atoms with E-state index in [-0.39, 0.29) is 0 Å². The molecule has 58 valence electrons. The molecule has 3 heteroatoms. The lowest BCUT2D eigenvalue weighted by atomic mass is 10.3. The van der Waals surface area contributed by atoms with Crippen LogP contribution in [0.15, 0.2) is 0 Å². The first kappa shape index (κ1) is 7.79. The minimum absolute atomic E-state index is 0.347. The highest BCUT2D eigenvalue weighted by Crippen LogP contribution is 2.30. The van der Waals surface area contributed by atoms with Crippen LogP contribution in [0, 0.1) is 5.92 Å². The summed E-state index contributed by atoms with van der Waals surface area (Å²) in [5, 5.41) is 0. The molecule has 0 aromatic rings. The molecule has 0 unspecified atom stereocenters. The fourth-order valence-corrected chi connectivity index (χ4v) is 2.25. The number of carbonyl (C=O) groups excluding carboxylic acids is 1. The second kappa shape index (κ2) is 2.38. The molecule has 2 nitrogen and oxygen atoms in total. The van der Waals surface area contributed by atoms with Crippen molar-refractivity contribution in [1.29, 1.82) is 0 Å². The van der Waals surface area contributed by atoms with Crippen LogP contribution in [0.3, 0.4) is 0 Å². The highest BCUT2D eigenvalue weighted by atomic mass is 32.2. The lowest BCUT2D eigenvalue weighted by Gasteiger charge is -1.99. The molecule has 0 spiro atoms. The van der Waals surface area contributed by atoms with Crippen LogP contribution in [0.5, 0.6) is 0 Å². The molecular weight excluding hydrogens is 148 g/mol. The largest absolute Gasteiger partial charge is 0.298 e. The van der Waals surface area contributed by atoms with Crippen LogP contribution >= 0.6 is 0 Å². The zero-order chi connectivity index (χ0) is 7.78. The average molecular weight is 160 g/mol. The minimum atomic E-state index is -1.95. The van der Waals surface area contributed by atoms with Gasteiger partial charge in [0.1, 0.15) is 0 Å². The Morgan fingerprint density at radius 2 is 2.00 bits per heavy atom. The first-order valence-electron chi connectivity index (χ1n) is 3.32. The van der Waals surface area contributed by atoms with Gasteiger partial charge in [0, 0.05) is 17.4 Å². The standard InChI is InChI=1S/C7H12O2S/c1-10(2,9)7(5-8)6-3-4-6/h5-6H,3-4H2,1-2H3. The zero-order valence-electron chi connectivity index (χ0n) is 6.29. The Morgan fingerprint density at radius 3 is 2.10 bits per heavy atom. The first-order chi connectivity index (χ1) is 4.55. The smallest absolute Gasteiger partial charge is 0.154 e. The number of carbonyl (C=O) groups is 1. The SMILES string of the molecule is CS(C)(=O)=C(C=O)C1CC1. The molecule has 1 aliphatic rings. The third kappa shape index (κ3) is 1.59. The van der Waals surface area contributed by atoms with Crippen LogP contribution in [0.1, 0.15) is 12.8 Å². The summed E-state index contributed by atoms with van der Waals surface area (Å²) < 4.78 is 11.3. The molecule has 0 bridgehead atoms. The van der Waals surface area contributed by atoms with E-state index in [9.17, 15) is 9.00 Å². The van der Waals surface area contributed by atoms with Gasteiger partial charge in [-0.1, -0.05) is 0 Å². The van der Waals surface area contributed by atoms with Gasteiger partial charge in [-0.2, -0.15) is 0 Å². The van der Waals surface area contributed by atoms with Crippen molar-refractivity contribution in [3.8, 4) is 0 Å². The summed E-state index contributed by atoms with van der Waals surface area (Å²) in [5.74, 6) is 0.347. The van der Waals surface area contributed by atoms with Crippen LogP contribution in [-0.4, -0.2) is 27.9 Å². The van der Waals surface area contributed by atoms with Gasteiger partial charge in [0.2, 0.25) is 0 Å². The third-order valence-corrected chi connectivity index (χ3v) is 3.23. The van der Waals surface area contributed by atoms with Gasteiger partial charge >= 0.3 is 0 Å². The lowest BCUT2D eigenvalue weighted by molar-refractivity contribution is -0.102. The predicted molar refractivity (Wildman–Crippen MR) is 43.8 cm³/mol. The summed E-state index contributed by atoms with van der Waals surface area (Å²) in [6, 6.07) is 0. The Bertz CT molecular complexity index is 247. The van der Waals surface area contributed by atoms with E-state index in [2.05, 4.69) is 0 Å². The fourth-order valence-electron chi connectivity index (χ4n) is 0.981. The molecule has 1 aliphatic carbocycles. The van der Waals surface area contributed by atoms with Crippen molar-refractivity contribution >= 4 is 20.7 Å². The van der Waals surface area contributed by atoms with Crippen molar-refractivity contribution in [3.63, 3.8) is 0 Å². The first-order valence-corrected chi connectivity index (χ1v) is 5.69.